The van der Waals surface area contributed by atoms with E-state index in [1.807, 2.05) is 30.3 Å². The van der Waals surface area contributed by atoms with Gasteiger partial charge in [0.2, 0.25) is 5.82 Å². The Bertz CT molecular complexity index is 924. The largest absolute Gasteiger partial charge is 0.465 e. The molecule has 0 saturated carbocycles. The molecule has 0 aliphatic carbocycles. The lowest BCUT2D eigenvalue weighted by Gasteiger charge is -2.06. The maximum Gasteiger partial charge on any atom is 0.410 e. The Kier molecular flexibility index (Phi) is 5.13. The van der Waals surface area contributed by atoms with E-state index in [2.05, 4.69) is 31.0 Å². The first-order valence-electron chi connectivity index (χ1n) is 7.57. The molecule has 0 spiro atoms. The molecule has 3 rings (SSSR count). The maximum absolute atomic E-state index is 10.7. The van der Waals surface area contributed by atoms with Crippen LogP contribution in [0.3, 0.4) is 0 Å². The molecule has 3 aromatic rings. The molecule has 0 radical (unpaired) electrons. The van der Waals surface area contributed by atoms with Gasteiger partial charge in [-0.1, -0.05) is 41.6 Å². The number of nitrogens with zero attached hydrogens (tertiary/aromatic N) is 6. The number of anilines is 1. The van der Waals surface area contributed by atoms with Crippen LogP contribution in [0.4, 0.5) is 10.6 Å². The smallest absolute Gasteiger partial charge is 0.410 e. The molecular weight excluding hydrogens is 338 g/mol. The van der Waals surface area contributed by atoms with Crippen molar-refractivity contribution in [3.63, 3.8) is 0 Å². The fourth-order valence-corrected chi connectivity index (χ4v) is 2.15. The summed E-state index contributed by atoms with van der Waals surface area (Å²) in [5.41, 5.74) is 1.78. The lowest BCUT2D eigenvalue weighted by atomic mass is 10.1. The van der Waals surface area contributed by atoms with E-state index in [0.29, 0.717) is 17.2 Å². The first-order valence-corrected chi connectivity index (χ1v) is 7.57. The highest BCUT2D eigenvalue weighted by atomic mass is 16.6. The topological polar surface area (TPSA) is 127 Å². The van der Waals surface area contributed by atoms with Crippen molar-refractivity contribution in [3.05, 3.63) is 65.6 Å². The number of tetrazole rings is 1. The van der Waals surface area contributed by atoms with Gasteiger partial charge in [-0.25, -0.2) is 14.5 Å². The van der Waals surface area contributed by atoms with Crippen molar-refractivity contribution in [1.29, 1.82) is 0 Å². The molecule has 0 bridgehead atoms. The number of nitrogens with one attached hydrogen (secondary N) is 1. The number of pyridine rings is 1. The molecule has 0 atom stereocenters. The number of amides is 1. The second-order valence-electron chi connectivity index (χ2n) is 5.15. The van der Waals surface area contributed by atoms with Gasteiger partial charge in [0.05, 0.1) is 5.69 Å². The molecule has 26 heavy (non-hydrogen) atoms. The summed E-state index contributed by atoms with van der Waals surface area (Å²) in [5, 5.41) is 26.5. The zero-order valence-electron chi connectivity index (χ0n) is 13.8. The highest BCUT2D eigenvalue weighted by Crippen LogP contribution is 2.10. The second kappa shape index (κ2) is 7.83. The van der Waals surface area contributed by atoms with Crippen LogP contribution in [0.2, 0.25) is 0 Å². The van der Waals surface area contributed by atoms with E-state index in [0.717, 1.165) is 5.56 Å². The van der Waals surface area contributed by atoms with Crippen LogP contribution in [0.5, 0.6) is 0 Å². The number of carbonyl (C=O) groups is 1. The minimum atomic E-state index is -1.19. The van der Waals surface area contributed by atoms with Crippen molar-refractivity contribution < 1.29 is 14.7 Å². The van der Waals surface area contributed by atoms with E-state index in [9.17, 15) is 4.79 Å². The summed E-state index contributed by atoms with van der Waals surface area (Å²) in [6.45, 7) is 0.0523. The van der Waals surface area contributed by atoms with Crippen LogP contribution in [-0.4, -0.2) is 42.1 Å². The Hall–Kier alpha value is -3.82. The minimum absolute atomic E-state index is 0.0523. The lowest BCUT2D eigenvalue weighted by molar-refractivity contribution is 0.128. The highest BCUT2D eigenvalue weighted by Gasteiger charge is 2.14. The van der Waals surface area contributed by atoms with Gasteiger partial charge < -0.3 is 9.94 Å². The molecule has 0 saturated heterocycles. The van der Waals surface area contributed by atoms with Crippen LogP contribution in [0.25, 0.3) is 0 Å². The van der Waals surface area contributed by atoms with Crippen LogP contribution in [0.15, 0.2) is 53.7 Å². The molecule has 132 valence electrons. The molecular formula is C16H15N7O3. The second-order valence-corrected chi connectivity index (χ2v) is 5.15. The molecule has 1 aromatic carbocycles. The number of aromatic nitrogens is 5. The Balaban J connectivity index is 1.80. The lowest BCUT2D eigenvalue weighted by Crippen LogP contribution is -2.12. The summed E-state index contributed by atoms with van der Waals surface area (Å²) in [7, 11) is 1.70. The van der Waals surface area contributed by atoms with Gasteiger partial charge in [-0.15, -0.1) is 5.10 Å². The summed E-state index contributed by atoms with van der Waals surface area (Å²) in [4.78, 5) is 20.2. The molecule has 2 N–H and O–H groups in total. The number of rotatable bonds is 6. The zero-order chi connectivity index (χ0) is 18.4. The van der Waals surface area contributed by atoms with E-state index in [1.54, 1.807) is 25.2 Å². The average Bonchev–Trinajstić information content (AvgIpc) is 3.05. The van der Waals surface area contributed by atoms with Gasteiger partial charge >= 0.3 is 6.09 Å². The van der Waals surface area contributed by atoms with Crippen molar-refractivity contribution in [2.24, 2.45) is 12.2 Å². The van der Waals surface area contributed by atoms with Crippen molar-refractivity contribution >= 4 is 17.6 Å². The summed E-state index contributed by atoms with van der Waals surface area (Å²) in [5.74, 6) is 0.661. The summed E-state index contributed by atoms with van der Waals surface area (Å²) < 4.78 is 1.49. The van der Waals surface area contributed by atoms with Gasteiger partial charge in [0, 0.05) is 12.6 Å². The van der Waals surface area contributed by atoms with Crippen LogP contribution in [0, 0.1) is 0 Å². The average molecular weight is 353 g/mol. The normalized spacial score (nSPS) is 11.2. The third kappa shape index (κ3) is 4.17. The Morgan fingerprint density at radius 1 is 1.23 bits per heavy atom. The van der Waals surface area contributed by atoms with E-state index in [1.165, 1.54) is 4.68 Å². The van der Waals surface area contributed by atoms with Crippen molar-refractivity contribution in [3.8, 4) is 0 Å². The van der Waals surface area contributed by atoms with E-state index >= 15 is 0 Å². The molecule has 10 nitrogen and oxygen atoms in total. The Morgan fingerprint density at radius 2 is 2.04 bits per heavy atom. The molecule has 2 heterocycles. The van der Waals surface area contributed by atoms with Gasteiger partial charge in [0.15, 0.2) is 12.3 Å². The zero-order valence-corrected chi connectivity index (χ0v) is 13.8. The maximum atomic E-state index is 10.7. The van der Waals surface area contributed by atoms with E-state index < -0.39 is 6.09 Å². The third-order valence-corrected chi connectivity index (χ3v) is 3.29. The molecule has 0 aliphatic rings. The number of benzene rings is 1. The highest BCUT2D eigenvalue weighted by molar-refractivity contribution is 6.10. The monoisotopic (exact) mass is 353 g/mol. The van der Waals surface area contributed by atoms with Crippen LogP contribution >= 0.6 is 0 Å². The molecule has 1 amide bonds. The molecule has 0 fully saturated rings. The van der Waals surface area contributed by atoms with Gasteiger partial charge in [-0.2, -0.15) is 0 Å². The predicted molar refractivity (Wildman–Crippen MR) is 91.6 cm³/mol. The first kappa shape index (κ1) is 17.0. The number of carboxylic acid groups (broad SMARTS) is 1. The molecule has 2 aromatic heterocycles. The van der Waals surface area contributed by atoms with Crippen LogP contribution < -0.4 is 5.32 Å². The third-order valence-electron chi connectivity index (χ3n) is 3.29. The number of hydrogen-bond acceptors (Lipinski definition) is 7. The SMILES string of the molecule is Cn1nnnc1C(=NOCc1cccc(NC(=O)O)n1)c1ccccc1. The van der Waals surface area contributed by atoms with Crippen LogP contribution in [-0.2, 0) is 18.5 Å². The summed E-state index contributed by atoms with van der Waals surface area (Å²) >= 11 is 0. The van der Waals surface area contributed by atoms with E-state index in [-0.39, 0.29) is 12.4 Å². The van der Waals surface area contributed by atoms with Gasteiger partial charge in [-0.05, 0) is 22.6 Å². The Morgan fingerprint density at radius 3 is 2.73 bits per heavy atom. The van der Waals surface area contributed by atoms with Gasteiger partial charge in [0.1, 0.15) is 5.82 Å². The molecule has 0 unspecified atom stereocenters. The van der Waals surface area contributed by atoms with Crippen molar-refractivity contribution in [2.45, 2.75) is 6.61 Å². The number of oxime groups is 1. The minimum Gasteiger partial charge on any atom is -0.465 e. The van der Waals surface area contributed by atoms with Crippen LogP contribution in [0.1, 0.15) is 17.1 Å². The summed E-state index contributed by atoms with van der Waals surface area (Å²) in [6, 6.07) is 14.3. The number of aryl methyl sites for hydroxylation is 1. The number of hydrogen-bond donors (Lipinski definition) is 2. The molecule has 0 aliphatic heterocycles. The van der Waals surface area contributed by atoms with Gasteiger partial charge in [-0.3, -0.25) is 5.32 Å². The van der Waals surface area contributed by atoms with E-state index in [4.69, 9.17) is 9.94 Å². The van der Waals surface area contributed by atoms with Crippen molar-refractivity contribution in [1.82, 2.24) is 25.2 Å². The molecule has 10 heteroatoms. The van der Waals surface area contributed by atoms with Crippen molar-refractivity contribution in [2.75, 3.05) is 5.32 Å². The fourth-order valence-electron chi connectivity index (χ4n) is 2.15. The quantitative estimate of drug-likeness (QED) is 0.509. The fraction of sp³-hybridized carbons (Fsp3) is 0.125. The predicted octanol–water partition coefficient (Wildman–Crippen LogP) is 1.66. The standard InChI is InChI=1S/C16H15N7O3/c1-23-15(19-21-22-23)14(11-6-3-2-4-7-11)20-26-10-12-8-5-9-13(17-12)18-16(24)25/h2-9H,10H2,1H3,(H,17,18)(H,24,25). The first-order chi connectivity index (χ1) is 12.6. The Labute approximate surface area is 148 Å². The van der Waals surface area contributed by atoms with Gasteiger partial charge in [0.25, 0.3) is 0 Å². The summed E-state index contributed by atoms with van der Waals surface area (Å²) in [6.07, 6.45) is -1.19.